The fourth-order valence-corrected chi connectivity index (χ4v) is 5.35. The van der Waals surface area contributed by atoms with E-state index in [0.29, 0.717) is 24.4 Å². The molecule has 7 nitrogen and oxygen atoms in total. The van der Waals surface area contributed by atoms with Crippen molar-refractivity contribution < 1.29 is 19.4 Å². The number of fused-ring (bicyclic) bond motifs is 2. The molecule has 0 atom stereocenters. The van der Waals surface area contributed by atoms with Crippen molar-refractivity contribution in [3.05, 3.63) is 114 Å². The second-order valence-electron chi connectivity index (χ2n) is 10.0. The standard InChI is InChI=1S/C33H29N3O4/c1-2-3-12-31-34-28-18-17-25(35-21-24-8-4-5-10-27(24)32(35)37)19-29(28)36(31)20-22-13-15-23(16-14-22)26-9-6-7-11-30(26)40-33(38)39/h4-11,13-19H,2-3,12,20-21H2,1H3,(H,38,39). The van der Waals surface area contributed by atoms with Crippen LogP contribution in [-0.4, -0.2) is 26.7 Å². The van der Waals surface area contributed by atoms with E-state index in [1.54, 1.807) is 12.1 Å². The lowest BCUT2D eigenvalue weighted by atomic mass is 10.0. The molecule has 200 valence electrons. The summed E-state index contributed by atoms with van der Waals surface area (Å²) in [6.07, 6.45) is 1.64. The van der Waals surface area contributed by atoms with Gasteiger partial charge in [0.2, 0.25) is 0 Å². The lowest BCUT2D eigenvalue weighted by Crippen LogP contribution is -2.22. The third-order valence-corrected chi connectivity index (χ3v) is 7.39. The fraction of sp³-hybridized carbons (Fsp3) is 0.182. The van der Waals surface area contributed by atoms with Crippen LogP contribution >= 0.6 is 0 Å². The summed E-state index contributed by atoms with van der Waals surface area (Å²) >= 11 is 0. The largest absolute Gasteiger partial charge is 0.511 e. The normalized spacial score (nSPS) is 12.6. The Morgan fingerprint density at radius 3 is 2.45 bits per heavy atom. The molecule has 0 fully saturated rings. The molecule has 0 saturated heterocycles. The number of imidazole rings is 1. The van der Waals surface area contributed by atoms with Gasteiger partial charge in [0.1, 0.15) is 11.6 Å². The highest BCUT2D eigenvalue weighted by Crippen LogP contribution is 2.33. The molecule has 1 N–H and O–H groups in total. The number of hydrogen-bond acceptors (Lipinski definition) is 4. The number of benzene rings is 4. The second-order valence-corrected chi connectivity index (χ2v) is 10.0. The first-order valence-electron chi connectivity index (χ1n) is 13.5. The van der Waals surface area contributed by atoms with Crippen molar-refractivity contribution in [2.45, 2.75) is 39.3 Å². The fourth-order valence-electron chi connectivity index (χ4n) is 5.35. The topological polar surface area (TPSA) is 84.7 Å². The molecule has 0 spiro atoms. The average Bonchev–Trinajstić information content (AvgIpc) is 3.49. The van der Waals surface area contributed by atoms with Crippen LogP contribution in [0.3, 0.4) is 0 Å². The number of nitrogens with zero attached hydrogens (tertiary/aromatic N) is 3. The van der Waals surface area contributed by atoms with Crippen LogP contribution < -0.4 is 9.64 Å². The highest BCUT2D eigenvalue weighted by molar-refractivity contribution is 6.10. The zero-order valence-electron chi connectivity index (χ0n) is 22.2. The Balaban J connectivity index is 1.33. The number of ether oxygens (including phenoxy) is 1. The number of amides is 1. The van der Waals surface area contributed by atoms with Gasteiger partial charge < -0.3 is 19.3 Å². The summed E-state index contributed by atoms with van der Waals surface area (Å²) in [5.74, 6) is 1.35. The molecular weight excluding hydrogens is 502 g/mol. The van der Waals surface area contributed by atoms with Crippen molar-refractivity contribution in [1.82, 2.24) is 9.55 Å². The number of aromatic nitrogens is 2. The van der Waals surface area contributed by atoms with Crippen LogP contribution in [0.1, 0.15) is 47.1 Å². The minimum Gasteiger partial charge on any atom is -0.449 e. The van der Waals surface area contributed by atoms with Gasteiger partial charge in [-0.2, -0.15) is 0 Å². The van der Waals surface area contributed by atoms with Crippen molar-refractivity contribution >= 4 is 28.8 Å². The van der Waals surface area contributed by atoms with Gasteiger partial charge in [-0.15, -0.1) is 0 Å². The monoisotopic (exact) mass is 531 g/mol. The van der Waals surface area contributed by atoms with Gasteiger partial charge in [-0.25, -0.2) is 9.78 Å². The molecule has 0 bridgehead atoms. The van der Waals surface area contributed by atoms with E-state index in [0.717, 1.165) is 64.1 Å². The SMILES string of the molecule is CCCCc1nc2ccc(N3Cc4ccccc4C3=O)cc2n1Cc1ccc(-c2ccccc2OC(=O)O)cc1. The molecule has 0 radical (unpaired) electrons. The van der Waals surface area contributed by atoms with Gasteiger partial charge in [0.15, 0.2) is 0 Å². The molecule has 1 aliphatic rings. The van der Waals surface area contributed by atoms with Gasteiger partial charge in [-0.3, -0.25) is 4.79 Å². The van der Waals surface area contributed by atoms with E-state index in [1.165, 1.54) is 0 Å². The molecule has 1 amide bonds. The number of hydrogen-bond donors (Lipinski definition) is 1. The number of carbonyl (C=O) groups is 2. The van der Waals surface area contributed by atoms with E-state index in [2.05, 4.69) is 17.6 Å². The quantitative estimate of drug-likeness (QED) is 0.168. The Morgan fingerprint density at radius 2 is 1.70 bits per heavy atom. The van der Waals surface area contributed by atoms with E-state index in [9.17, 15) is 9.59 Å². The predicted octanol–water partition coefficient (Wildman–Crippen LogP) is 7.31. The maximum absolute atomic E-state index is 13.1. The van der Waals surface area contributed by atoms with E-state index >= 15 is 0 Å². The minimum absolute atomic E-state index is 0.0231. The summed E-state index contributed by atoms with van der Waals surface area (Å²) in [6, 6.07) is 29.0. The summed E-state index contributed by atoms with van der Waals surface area (Å²) in [5, 5.41) is 9.10. The third kappa shape index (κ3) is 4.82. The van der Waals surface area contributed by atoms with Crippen molar-refractivity contribution in [1.29, 1.82) is 0 Å². The first-order valence-corrected chi connectivity index (χ1v) is 13.5. The molecular formula is C33H29N3O4. The molecule has 0 saturated carbocycles. The van der Waals surface area contributed by atoms with Crippen molar-refractivity contribution in [3.63, 3.8) is 0 Å². The zero-order valence-corrected chi connectivity index (χ0v) is 22.2. The van der Waals surface area contributed by atoms with Crippen LogP contribution in [0, 0.1) is 0 Å². The first kappa shape index (κ1) is 25.4. The molecule has 40 heavy (non-hydrogen) atoms. The van der Waals surface area contributed by atoms with Gasteiger partial charge >= 0.3 is 6.16 Å². The molecule has 5 aromatic rings. The van der Waals surface area contributed by atoms with E-state index < -0.39 is 6.16 Å². The van der Waals surface area contributed by atoms with Gasteiger partial charge in [-0.1, -0.05) is 74.0 Å². The predicted molar refractivity (Wildman–Crippen MR) is 155 cm³/mol. The van der Waals surface area contributed by atoms with Crippen LogP contribution in [0.15, 0.2) is 91.0 Å². The maximum atomic E-state index is 13.1. The number of unbranched alkanes of at least 4 members (excludes halogenated alkanes) is 1. The Bertz CT molecular complexity index is 1720. The van der Waals surface area contributed by atoms with Gasteiger partial charge in [0, 0.05) is 29.8 Å². The Morgan fingerprint density at radius 1 is 0.950 bits per heavy atom. The van der Waals surface area contributed by atoms with Crippen LogP contribution in [0.25, 0.3) is 22.2 Å². The van der Waals surface area contributed by atoms with Crippen LogP contribution in [-0.2, 0) is 19.5 Å². The summed E-state index contributed by atoms with van der Waals surface area (Å²) < 4.78 is 7.22. The number of aryl methyl sites for hydroxylation is 1. The maximum Gasteiger partial charge on any atom is 0.511 e. The Hall–Kier alpha value is -4.91. The highest BCUT2D eigenvalue weighted by atomic mass is 16.7. The smallest absolute Gasteiger partial charge is 0.449 e. The lowest BCUT2D eigenvalue weighted by Gasteiger charge is -2.17. The van der Waals surface area contributed by atoms with Crippen molar-refractivity contribution in [2.24, 2.45) is 0 Å². The number of anilines is 1. The highest BCUT2D eigenvalue weighted by Gasteiger charge is 2.28. The zero-order chi connectivity index (χ0) is 27.6. The molecule has 2 heterocycles. The molecule has 0 unspecified atom stereocenters. The van der Waals surface area contributed by atoms with E-state index in [1.807, 2.05) is 77.7 Å². The molecule has 6 rings (SSSR count). The molecule has 7 heteroatoms. The first-order chi connectivity index (χ1) is 19.5. The molecule has 1 aliphatic heterocycles. The lowest BCUT2D eigenvalue weighted by molar-refractivity contribution is 0.0996. The third-order valence-electron chi connectivity index (χ3n) is 7.39. The van der Waals surface area contributed by atoms with Gasteiger partial charge in [0.25, 0.3) is 5.91 Å². The van der Waals surface area contributed by atoms with E-state index in [4.69, 9.17) is 14.8 Å². The van der Waals surface area contributed by atoms with Gasteiger partial charge in [-0.05, 0) is 53.4 Å². The summed E-state index contributed by atoms with van der Waals surface area (Å²) in [4.78, 5) is 31.1. The molecule has 1 aromatic heterocycles. The van der Waals surface area contributed by atoms with Crippen LogP contribution in [0.5, 0.6) is 5.75 Å². The summed E-state index contributed by atoms with van der Waals surface area (Å²) in [6.45, 7) is 3.36. The summed E-state index contributed by atoms with van der Waals surface area (Å²) in [7, 11) is 0. The van der Waals surface area contributed by atoms with Gasteiger partial charge in [0.05, 0.1) is 17.6 Å². The second kappa shape index (κ2) is 10.7. The van der Waals surface area contributed by atoms with Crippen molar-refractivity contribution in [3.8, 4) is 16.9 Å². The number of rotatable bonds is 8. The molecule has 4 aromatic carbocycles. The average molecular weight is 532 g/mol. The van der Waals surface area contributed by atoms with Crippen LogP contribution in [0.2, 0.25) is 0 Å². The number of para-hydroxylation sites is 1. The Labute approximate surface area is 232 Å². The number of carbonyl (C=O) groups excluding carboxylic acids is 1. The minimum atomic E-state index is -1.34. The van der Waals surface area contributed by atoms with Crippen LogP contribution in [0.4, 0.5) is 10.5 Å². The number of carboxylic acid groups (broad SMARTS) is 1. The summed E-state index contributed by atoms with van der Waals surface area (Å²) in [5.41, 5.74) is 7.25. The Kier molecular flexibility index (Phi) is 6.78. The van der Waals surface area contributed by atoms with E-state index in [-0.39, 0.29) is 5.91 Å². The van der Waals surface area contributed by atoms with Crippen molar-refractivity contribution in [2.75, 3.05) is 4.90 Å². The molecule has 0 aliphatic carbocycles.